The molecule has 21 heavy (non-hydrogen) atoms. The van der Waals surface area contributed by atoms with Crippen LogP contribution in [0.5, 0.6) is 5.75 Å². The lowest BCUT2D eigenvalue weighted by Gasteiger charge is -2.19. The van der Waals surface area contributed by atoms with Crippen LogP contribution in [0.3, 0.4) is 0 Å². The van der Waals surface area contributed by atoms with Crippen LogP contribution in [0.15, 0.2) is 35.8 Å². The van der Waals surface area contributed by atoms with Gasteiger partial charge in [0.25, 0.3) is 0 Å². The minimum atomic E-state index is 0.293. The Labute approximate surface area is 131 Å². The molecule has 0 bridgehead atoms. The van der Waals surface area contributed by atoms with Crippen molar-refractivity contribution >= 4 is 11.3 Å². The number of rotatable bonds is 9. The molecule has 114 valence electrons. The first-order valence-corrected chi connectivity index (χ1v) is 8.56. The third-order valence-electron chi connectivity index (χ3n) is 3.24. The molecule has 3 nitrogen and oxygen atoms in total. The van der Waals surface area contributed by atoms with Crippen molar-refractivity contribution < 1.29 is 4.74 Å². The highest BCUT2D eigenvalue weighted by molar-refractivity contribution is 7.09. The summed E-state index contributed by atoms with van der Waals surface area (Å²) in [6, 6.07) is 8.71. The van der Waals surface area contributed by atoms with Gasteiger partial charge in [-0.2, -0.15) is 0 Å². The van der Waals surface area contributed by atoms with E-state index in [1.165, 1.54) is 10.6 Å². The van der Waals surface area contributed by atoms with Crippen molar-refractivity contribution in [2.45, 2.75) is 39.2 Å². The summed E-state index contributed by atoms with van der Waals surface area (Å²) in [6.45, 7) is 6.09. The monoisotopic (exact) mass is 304 g/mol. The molecule has 0 aliphatic heterocycles. The van der Waals surface area contributed by atoms with E-state index in [1.807, 2.05) is 17.6 Å². The number of hydrogen-bond acceptors (Lipinski definition) is 4. The van der Waals surface area contributed by atoms with Gasteiger partial charge in [0.1, 0.15) is 5.75 Å². The molecule has 2 aromatic rings. The van der Waals surface area contributed by atoms with Gasteiger partial charge in [-0.25, -0.2) is 4.98 Å². The van der Waals surface area contributed by atoms with E-state index < -0.39 is 0 Å². The molecular formula is C17H24N2OS. The Balaban J connectivity index is 2.11. The van der Waals surface area contributed by atoms with Crippen LogP contribution < -0.4 is 10.1 Å². The number of nitrogens with one attached hydrogen (secondary N) is 1. The molecule has 1 N–H and O–H groups in total. The summed E-state index contributed by atoms with van der Waals surface area (Å²) in [6.07, 6.45) is 4.95. The minimum absolute atomic E-state index is 0.293. The molecule has 0 radical (unpaired) electrons. The lowest BCUT2D eigenvalue weighted by molar-refractivity contribution is 0.316. The van der Waals surface area contributed by atoms with E-state index in [0.29, 0.717) is 6.04 Å². The van der Waals surface area contributed by atoms with E-state index in [2.05, 4.69) is 42.3 Å². The van der Waals surface area contributed by atoms with Crippen molar-refractivity contribution in [3.63, 3.8) is 0 Å². The Kier molecular flexibility index (Phi) is 6.70. The maximum atomic E-state index is 5.74. The van der Waals surface area contributed by atoms with Gasteiger partial charge >= 0.3 is 0 Å². The van der Waals surface area contributed by atoms with Gasteiger partial charge in [0.15, 0.2) is 0 Å². The molecule has 1 aromatic heterocycles. The van der Waals surface area contributed by atoms with Gasteiger partial charge < -0.3 is 10.1 Å². The summed E-state index contributed by atoms with van der Waals surface area (Å²) >= 11 is 1.72. The second-order valence-electron chi connectivity index (χ2n) is 5.06. The molecule has 0 saturated heterocycles. The Morgan fingerprint density at radius 2 is 2.19 bits per heavy atom. The summed E-state index contributed by atoms with van der Waals surface area (Å²) in [5, 5.41) is 6.82. The van der Waals surface area contributed by atoms with Crippen LogP contribution in [0, 0.1) is 0 Å². The lowest BCUT2D eigenvalue weighted by atomic mass is 10.0. The summed E-state index contributed by atoms with van der Waals surface area (Å²) < 4.78 is 5.74. The van der Waals surface area contributed by atoms with Gasteiger partial charge in [0.05, 0.1) is 11.6 Å². The molecule has 0 fully saturated rings. The summed E-state index contributed by atoms with van der Waals surface area (Å²) in [5.74, 6) is 0.955. The van der Waals surface area contributed by atoms with Crippen molar-refractivity contribution in [3.8, 4) is 5.75 Å². The van der Waals surface area contributed by atoms with Gasteiger partial charge in [-0.05, 0) is 37.1 Å². The third kappa shape index (κ3) is 5.14. The number of benzene rings is 1. The topological polar surface area (TPSA) is 34.2 Å². The Morgan fingerprint density at radius 3 is 2.90 bits per heavy atom. The maximum absolute atomic E-state index is 5.74. The first kappa shape index (κ1) is 16.0. The van der Waals surface area contributed by atoms with E-state index in [0.717, 1.165) is 38.2 Å². The maximum Gasteiger partial charge on any atom is 0.119 e. The van der Waals surface area contributed by atoms with Gasteiger partial charge in [0, 0.05) is 24.0 Å². The zero-order chi connectivity index (χ0) is 14.9. The highest BCUT2D eigenvalue weighted by Crippen LogP contribution is 2.23. The lowest BCUT2D eigenvalue weighted by Crippen LogP contribution is -2.24. The van der Waals surface area contributed by atoms with Crippen molar-refractivity contribution in [2.24, 2.45) is 0 Å². The number of nitrogens with zero attached hydrogens (tertiary/aromatic N) is 1. The predicted molar refractivity (Wildman–Crippen MR) is 89.1 cm³/mol. The van der Waals surface area contributed by atoms with E-state index in [4.69, 9.17) is 4.74 Å². The molecule has 1 atom stereocenters. The molecule has 0 aliphatic carbocycles. The third-order valence-corrected chi connectivity index (χ3v) is 4.04. The van der Waals surface area contributed by atoms with Crippen molar-refractivity contribution in [2.75, 3.05) is 13.2 Å². The average molecular weight is 304 g/mol. The number of hydrogen-bond donors (Lipinski definition) is 1. The van der Waals surface area contributed by atoms with Crippen LogP contribution in [0.4, 0.5) is 0 Å². The molecule has 2 rings (SSSR count). The van der Waals surface area contributed by atoms with Gasteiger partial charge in [-0.15, -0.1) is 11.3 Å². The quantitative estimate of drug-likeness (QED) is 0.753. The van der Waals surface area contributed by atoms with Crippen LogP contribution in [-0.2, 0) is 6.42 Å². The Hall–Kier alpha value is -1.39. The second-order valence-corrected chi connectivity index (χ2v) is 6.04. The van der Waals surface area contributed by atoms with E-state index in [-0.39, 0.29) is 0 Å². The molecule has 0 amide bonds. The molecule has 1 aromatic carbocycles. The van der Waals surface area contributed by atoms with E-state index >= 15 is 0 Å². The summed E-state index contributed by atoms with van der Waals surface area (Å²) in [4.78, 5) is 4.41. The summed E-state index contributed by atoms with van der Waals surface area (Å²) in [7, 11) is 0. The molecule has 0 aliphatic rings. The predicted octanol–water partition coefficient (Wildman–Crippen LogP) is 4.22. The zero-order valence-electron chi connectivity index (χ0n) is 12.8. The standard InChI is InChI=1S/C17H24N2OS/c1-3-8-18-16(13-17-19-9-11-21-17)14-6-5-7-15(12-14)20-10-4-2/h5-7,9,11-12,16,18H,3-4,8,10,13H2,1-2H3. The van der Waals surface area contributed by atoms with Crippen LogP contribution in [0.1, 0.15) is 43.3 Å². The highest BCUT2D eigenvalue weighted by atomic mass is 32.1. The molecule has 1 heterocycles. The van der Waals surface area contributed by atoms with Crippen molar-refractivity contribution in [1.82, 2.24) is 10.3 Å². The fourth-order valence-corrected chi connectivity index (χ4v) is 2.86. The van der Waals surface area contributed by atoms with Crippen LogP contribution in [-0.4, -0.2) is 18.1 Å². The van der Waals surface area contributed by atoms with Crippen LogP contribution in [0.25, 0.3) is 0 Å². The van der Waals surface area contributed by atoms with Gasteiger partial charge in [-0.1, -0.05) is 26.0 Å². The number of ether oxygens (including phenoxy) is 1. The normalized spacial score (nSPS) is 12.3. The number of thiazole rings is 1. The molecule has 0 saturated carbocycles. The largest absolute Gasteiger partial charge is 0.494 e. The second kappa shape index (κ2) is 8.80. The highest BCUT2D eigenvalue weighted by Gasteiger charge is 2.13. The smallest absolute Gasteiger partial charge is 0.119 e. The average Bonchev–Trinajstić information content (AvgIpc) is 3.02. The molecule has 0 spiro atoms. The fraction of sp³-hybridized carbons (Fsp3) is 0.471. The molecular weight excluding hydrogens is 280 g/mol. The summed E-state index contributed by atoms with van der Waals surface area (Å²) in [5.41, 5.74) is 1.27. The van der Waals surface area contributed by atoms with Gasteiger partial charge in [0.2, 0.25) is 0 Å². The molecule has 4 heteroatoms. The van der Waals surface area contributed by atoms with Crippen molar-refractivity contribution in [3.05, 3.63) is 46.4 Å². The first-order chi connectivity index (χ1) is 10.3. The van der Waals surface area contributed by atoms with Crippen LogP contribution in [0.2, 0.25) is 0 Å². The van der Waals surface area contributed by atoms with E-state index in [9.17, 15) is 0 Å². The fourth-order valence-electron chi connectivity index (χ4n) is 2.20. The van der Waals surface area contributed by atoms with E-state index in [1.54, 1.807) is 11.3 Å². The zero-order valence-corrected chi connectivity index (χ0v) is 13.7. The van der Waals surface area contributed by atoms with Crippen LogP contribution >= 0.6 is 11.3 Å². The van der Waals surface area contributed by atoms with Gasteiger partial charge in [-0.3, -0.25) is 0 Å². The first-order valence-electron chi connectivity index (χ1n) is 7.68. The minimum Gasteiger partial charge on any atom is -0.494 e. The number of aromatic nitrogens is 1. The molecule has 1 unspecified atom stereocenters. The Morgan fingerprint density at radius 1 is 1.29 bits per heavy atom. The SMILES string of the molecule is CCCNC(Cc1nccs1)c1cccc(OCCC)c1. The van der Waals surface area contributed by atoms with Crippen molar-refractivity contribution in [1.29, 1.82) is 0 Å². The Bertz CT molecular complexity index is 513.